The van der Waals surface area contributed by atoms with Crippen molar-refractivity contribution in [1.29, 1.82) is 0 Å². The van der Waals surface area contributed by atoms with Crippen molar-refractivity contribution in [3.8, 4) is 11.4 Å². The number of nitrogens with zero attached hydrogens (tertiary/aromatic N) is 6. The van der Waals surface area contributed by atoms with Crippen molar-refractivity contribution < 1.29 is 13.2 Å². The highest BCUT2D eigenvalue weighted by atomic mass is 32.2. The maximum absolute atomic E-state index is 11.7. The minimum Gasteiger partial charge on any atom is -0.379 e. The van der Waals surface area contributed by atoms with Crippen molar-refractivity contribution in [3.63, 3.8) is 0 Å². The minimum absolute atomic E-state index is 0.247. The van der Waals surface area contributed by atoms with Crippen molar-refractivity contribution in [2.24, 2.45) is 0 Å². The van der Waals surface area contributed by atoms with E-state index < -0.39 is 9.84 Å². The van der Waals surface area contributed by atoms with Gasteiger partial charge in [-0.15, -0.1) is 0 Å². The number of morpholine rings is 1. The van der Waals surface area contributed by atoms with E-state index in [1.807, 2.05) is 0 Å². The van der Waals surface area contributed by atoms with Crippen molar-refractivity contribution in [3.05, 3.63) is 18.5 Å². The molecule has 4 heterocycles. The van der Waals surface area contributed by atoms with Gasteiger partial charge >= 0.3 is 0 Å². The third-order valence-corrected chi connectivity index (χ3v) is 5.20. The maximum atomic E-state index is 11.7. The number of fused-ring (bicyclic) bond motifs is 1. The van der Waals surface area contributed by atoms with Gasteiger partial charge in [0, 0.05) is 44.8 Å². The predicted octanol–water partition coefficient (Wildman–Crippen LogP) is -0.0425. The summed E-state index contributed by atoms with van der Waals surface area (Å²) in [6.45, 7) is 5.00. The molecule has 12 heteroatoms. The van der Waals surface area contributed by atoms with Gasteiger partial charge in [0.2, 0.25) is 20.9 Å². The summed E-state index contributed by atoms with van der Waals surface area (Å²) < 4.78 is 28.7. The van der Waals surface area contributed by atoms with E-state index in [1.54, 1.807) is 12.3 Å². The third kappa shape index (κ3) is 4.08. The summed E-state index contributed by atoms with van der Waals surface area (Å²) in [5, 5.41) is 10.7. The Morgan fingerprint density at radius 2 is 2.07 bits per heavy atom. The summed E-state index contributed by atoms with van der Waals surface area (Å²) in [5.41, 5.74) is 1.40. The normalized spacial score (nSPS) is 15.8. The fourth-order valence-corrected chi connectivity index (χ4v) is 3.41. The molecule has 2 N–H and O–H groups in total. The van der Waals surface area contributed by atoms with Gasteiger partial charge < -0.3 is 10.1 Å². The Bertz CT molecular complexity index is 1080. The van der Waals surface area contributed by atoms with E-state index in [2.05, 4.69) is 40.3 Å². The first-order valence-electron chi connectivity index (χ1n) is 8.79. The zero-order valence-electron chi connectivity index (χ0n) is 15.3. The summed E-state index contributed by atoms with van der Waals surface area (Å²) in [4.78, 5) is 19.0. The molecule has 0 bridgehead atoms. The molecule has 1 aliphatic rings. The number of anilines is 1. The molecular formula is C16H20N8O3S. The standard InChI is InChI=1S/C16H20N8O3S/c1-28(25,26)16-18-3-2-12(20-16)13-11-10-19-15(21-14(11)23-22-13)17-4-5-24-6-8-27-9-7-24/h2-3,10H,4-9H2,1H3,(H2,17,19,21,22,23). The van der Waals surface area contributed by atoms with Crippen molar-refractivity contribution in [1.82, 2.24) is 35.0 Å². The maximum Gasteiger partial charge on any atom is 0.247 e. The predicted molar refractivity (Wildman–Crippen MR) is 102 cm³/mol. The Morgan fingerprint density at radius 1 is 1.25 bits per heavy atom. The number of H-pyrrole nitrogens is 1. The third-order valence-electron chi connectivity index (χ3n) is 4.34. The van der Waals surface area contributed by atoms with Crippen LogP contribution in [0.25, 0.3) is 22.4 Å². The van der Waals surface area contributed by atoms with E-state index in [1.165, 1.54) is 6.20 Å². The van der Waals surface area contributed by atoms with Crippen LogP contribution in [0.2, 0.25) is 0 Å². The first-order chi connectivity index (χ1) is 13.5. The van der Waals surface area contributed by atoms with Crippen LogP contribution in [-0.4, -0.2) is 89.1 Å². The molecule has 0 spiro atoms. The second-order valence-corrected chi connectivity index (χ2v) is 8.31. The summed E-state index contributed by atoms with van der Waals surface area (Å²) >= 11 is 0. The number of sulfone groups is 1. The molecule has 1 aliphatic heterocycles. The summed E-state index contributed by atoms with van der Waals surface area (Å²) in [6.07, 6.45) is 4.09. The number of hydrogen-bond acceptors (Lipinski definition) is 10. The van der Waals surface area contributed by atoms with E-state index in [9.17, 15) is 8.42 Å². The first kappa shape index (κ1) is 18.7. The van der Waals surface area contributed by atoms with Gasteiger partial charge in [-0.3, -0.25) is 10.00 Å². The molecule has 0 amide bonds. The van der Waals surface area contributed by atoms with Gasteiger partial charge in [0.1, 0.15) is 5.69 Å². The molecule has 0 aliphatic carbocycles. The van der Waals surface area contributed by atoms with Gasteiger partial charge in [-0.1, -0.05) is 0 Å². The summed E-state index contributed by atoms with van der Waals surface area (Å²) in [5.74, 6) is 0.496. The second-order valence-electron chi connectivity index (χ2n) is 6.41. The second kappa shape index (κ2) is 7.73. The number of aromatic amines is 1. The molecule has 11 nitrogen and oxygen atoms in total. The summed E-state index contributed by atoms with van der Waals surface area (Å²) in [6, 6.07) is 1.60. The van der Waals surface area contributed by atoms with Crippen LogP contribution < -0.4 is 5.32 Å². The van der Waals surface area contributed by atoms with Gasteiger partial charge in [0.05, 0.1) is 24.3 Å². The van der Waals surface area contributed by atoms with Crippen LogP contribution in [0.3, 0.4) is 0 Å². The van der Waals surface area contributed by atoms with E-state index >= 15 is 0 Å². The Hall–Kier alpha value is -2.70. The quantitative estimate of drug-likeness (QED) is 0.538. The minimum atomic E-state index is -3.51. The van der Waals surface area contributed by atoms with Crippen LogP contribution in [0.1, 0.15) is 0 Å². The lowest BCUT2D eigenvalue weighted by Crippen LogP contribution is -2.39. The molecule has 148 valence electrons. The number of aromatic nitrogens is 6. The van der Waals surface area contributed by atoms with Gasteiger partial charge in [0.25, 0.3) is 0 Å². The molecule has 0 atom stereocenters. The monoisotopic (exact) mass is 404 g/mol. The molecule has 3 aromatic heterocycles. The zero-order chi connectivity index (χ0) is 19.6. The SMILES string of the molecule is CS(=O)(=O)c1nccc(-c2n[nH]c3nc(NCCN4CCOCC4)ncc23)n1. The molecule has 0 saturated carbocycles. The van der Waals surface area contributed by atoms with Gasteiger partial charge in [-0.05, 0) is 6.07 Å². The average molecular weight is 404 g/mol. The fourth-order valence-electron chi connectivity index (χ4n) is 2.89. The number of rotatable bonds is 6. The van der Waals surface area contributed by atoms with E-state index in [0.29, 0.717) is 28.4 Å². The molecule has 0 unspecified atom stereocenters. The fraction of sp³-hybridized carbons (Fsp3) is 0.438. The largest absolute Gasteiger partial charge is 0.379 e. The lowest BCUT2D eigenvalue weighted by Gasteiger charge is -2.26. The highest BCUT2D eigenvalue weighted by Crippen LogP contribution is 2.24. The molecular weight excluding hydrogens is 384 g/mol. The topological polar surface area (TPSA) is 139 Å². The lowest BCUT2D eigenvalue weighted by molar-refractivity contribution is 0.0398. The molecule has 1 saturated heterocycles. The highest BCUT2D eigenvalue weighted by molar-refractivity contribution is 7.90. The van der Waals surface area contributed by atoms with Crippen LogP contribution >= 0.6 is 0 Å². The smallest absolute Gasteiger partial charge is 0.247 e. The van der Waals surface area contributed by atoms with Crippen molar-refractivity contribution in [2.75, 3.05) is 51.0 Å². The van der Waals surface area contributed by atoms with Gasteiger partial charge in [-0.25, -0.2) is 23.4 Å². The van der Waals surface area contributed by atoms with Gasteiger partial charge in [0.15, 0.2) is 5.65 Å². The van der Waals surface area contributed by atoms with Gasteiger partial charge in [-0.2, -0.15) is 10.1 Å². The number of nitrogens with one attached hydrogen (secondary N) is 2. The van der Waals surface area contributed by atoms with Crippen LogP contribution in [0.4, 0.5) is 5.95 Å². The lowest BCUT2D eigenvalue weighted by atomic mass is 10.2. The van der Waals surface area contributed by atoms with Crippen LogP contribution in [0.15, 0.2) is 23.6 Å². The van der Waals surface area contributed by atoms with E-state index in [-0.39, 0.29) is 5.16 Å². The molecule has 0 radical (unpaired) electrons. The van der Waals surface area contributed by atoms with E-state index in [0.717, 1.165) is 45.6 Å². The Labute approximate surface area is 161 Å². The Morgan fingerprint density at radius 3 is 2.86 bits per heavy atom. The zero-order valence-corrected chi connectivity index (χ0v) is 16.1. The van der Waals surface area contributed by atoms with Crippen LogP contribution in [-0.2, 0) is 14.6 Å². The Kier molecular flexibility index (Phi) is 5.15. The molecule has 4 rings (SSSR count). The molecule has 0 aromatic carbocycles. The number of ether oxygens (including phenoxy) is 1. The van der Waals surface area contributed by atoms with Crippen molar-refractivity contribution >= 4 is 26.8 Å². The summed E-state index contributed by atoms with van der Waals surface area (Å²) in [7, 11) is -3.51. The average Bonchev–Trinajstić information content (AvgIpc) is 3.12. The van der Waals surface area contributed by atoms with Crippen LogP contribution in [0, 0.1) is 0 Å². The number of hydrogen-bond donors (Lipinski definition) is 2. The van der Waals surface area contributed by atoms with Crippen molar-refractivity contribution in [2.45, 2.75) is 5.16 Å². The molecule has 3 aromatic rings. The van der Waals surface area contributed by atoms with Crippen LogP contribution in [0.5, 0.6) is 0 Å². The molecule has 1 fully saturated rings. The highest BCUT2D eigenvalue weighted by Gasteiger charge is 2.16. The first-order valence-corrected chi connectivity index (χ1v) is 10.7. The Balaban J connectivity index is 1.50. The molecule has 28 heavy (non-hydrogen) atoms. The van der Waals surface area contributed by atoms with E-state index in [4.69, 9.17) is 4.74 Å².